The lowest BCUT2D eigenvalue weighted by atomic mass is 10.1. The van der Waals surface area contributed by atoms with Gasteiger partial charge in [0.1, 0.15) is 5.75 Å². The van der Waals surface area contributed by atoms with Crippen molar-refractivity contribution >= 4 is 15.5 Å². The Hall–Kier alpha value is -1.23. The fourth-order valence-corrected chi connectivity index (χ4v) is 4.54. The molecule has 1 saturated carbocycles. The van der Waals surface area contributed by atoms with E-state index in [-0.39, 0.29) is 11.2 Å². The second-order valence-corrected chi connectivity index (χ2v) is 6.90. The van der Waals surface area contributed by atoms with Crippen molar-refractivity contribution in [2.45, 2.75) is 17.7 Å². The number of hydrogen-bond donors (Lipinski definition) is 1. The highest BCUT2D eigenvalue weighted by atomic mass is 32.2. The van der Waals surface area contributed by atoms with E-state index in [0.717, 1.165) is 19.4 Å². The van der Waals surface area contributed by atoms with Crippen molar-refractivity contribution in [1.82, 2.24) is 0 Å². The second kappa shape index (κ2) is 3.38. The molecule has 4 nitrogen and oxygen atoms in total. The third kappa shape index (κ3) is 1.69. The summed E-state index contributed by atoms with van der Waals surface area (Å²) in [5, 5.41) is 3.25. The third-order valence-electron chi connectivity index (χ3n) is 3.64. The van der Waals surface area contributed by atoms with Gasteiger partial charge in [0.15, 0.2) is 9.84 Å². The Kier molecular flexibility index (Phi) is 2.17. The third-order valence-corrected chi connectivity index (χ3v) is 5.64. The molecule has 0 aromatic heterocycles. The lowest BCUT2D eigenvalue weighted by Gasteiger charge is -2.12. The highest BCUT2D eigenvalue weighted by molar-refractivity contribution is 7.91. The van der Waals surface area contributed by atoms with Crippen LogP contribution in [-0.2, 0) is 9.84 Å². The molecule has 0 unspecified atom stereocenters. The smallest absolute Gasteiger partial charge is 0.181 e. The first-order chi connectivity index (χ1) is 8.06. The van der Waals surface area contributed by atoms with E-state index in [2.05, 4.69) is 5.32 Å². The van der Waals surface area contributed by atoms with Crippen LogP contribution in [0.3, 0.4) is 0 Å². The number of ether oxygens (including phenoxy) is 1. The van der Waals surface area contributed by atoms with Crippen LogP contribution < -0.4 is 10.1 Å². The predicted molar refractivity (Wildman–Crippen MR) is 65.2 cm³/mol. The van der Waals surface area contributed by atoms with Gasteiger partial charge in [0.25, 0.3) is 0 Å². The predicted octanol–water partition coefficient (Wildman–Crippen LogP) is 1.67. The van der Waals surface area contributed by atoms with Crippen LogP contribution in [-0.4, -0.2) is 27.8 Å². The number of nitrogens with one attached hydrogen (secondary N) is 1. The minimum atomic E-state index is -3.20. The van der Waals surface area contributed by atoms with Gasteiger partial charge in [-0.1, -0.05) is 6.07 Å². The van der Waals surface area contributed by atoms with Gasteiger partial charge in [-0.15, -0.1) is 0 Å². The highest BCUT2D eigenvalue weighted by Gasteiger charge is 2.48. The highest BCUT2D eigenvalue weighted by Crippen LogP contribution is 2.50. The molecule has 0 atom stereocenters. The molecule has 92 valence electrons. The van der Waals surface area contributed by atoms with E-state index in [4.69, 9.17) is 4.74 Å². The molecule has 0 bridgehead atoms. The summed E-state index contributed by atoms with van der Waals surface area (Å²) in [5.74, 6) is 0.858. The number of rotatable bonds is 1. The molecule has 2 aliphatic rings. The van der Waals surface area contributed by atoms with Gasteiger partial charge in [-0.2, -0.15) is 0 Å². The summed E-state index contributed by atoms with van der Waals surface area (Å²) in [6, 6.07) is 5.16. The Balaban J connectivity index is 2.16. The Morgan fingerprint density at radius 2 is 2.12 bits per heavy atom. The molecule has 1 heterocycles. The van der Waals surface area contributed by atoms with Crippen molar-refractivity contribution in [1.29, 1.82) is 0 Å². The fourth-order valence-electron chi connectivity index (χ4n) is 2.42. The Labute approximate surface area is 101 Å². The largest absolute Gasteiger partial charge is 0.495 e. The summed E-state index contributed by atoms with van der Waals surface area (Å²) < 4.78 is 29.9. The van der Waals surface area contributed by atoms with Crippen LogP contribution in [0.2, 0.25) is 0 Å². The van der Waals surface area contributed by atoms with Gasteiger partial charge < -0.3 is 10.1 Å². The van der Waals surface area contributed by atoms with E-state index < -0.39 is 9.84 Å². The lowest BCUT2D eigenvalue weighted by Crippen LogP contribution is -2.20. The molecule has 1 aromatic rings. The molecule has 3 rings (SSSR count). The number of benzene rings is 1. The van der Waals surface area contributed by atoms with Crippen molar-refractivity contribution < 1.29 is 13.2 Å². The average Bonchev–Trinajstić information content (AvgIpc) is 3.06. The van der Waals surface area contributed by atoms with Gasteiger partial charge in [0.2, 0.25) is 0 Å². The molecule has 1 aliphatic heterocycles. The van der Waals surface area contributed by atoms with E-state index in [9.17, 15) is 8.42 Å². The quantitative estimate of drug-likeness (QED) is 0.827. The molecular formula is C12H15NO3S. The Morgan fingerprint density at radius 3 is 2.76 bits per heavy atom. The van der Waals surface area contributed by atoms with Gasteiger partial charge in [-0.3, -0.25) is 0 Å². The van der Waals surface area contributed by atoms with Crippen LogP contribution in [0.1, 0.15) is 12.8 Å². The van der Waals surface area contributed by atoms with Crippen LogP contribution in [0, 0.1) is 5.41 Å². The maximum absolute atomic E-state index is 12.3. The van der Waals surface area contributed by atoms with Gasteiger partial charge in [0, 0.05) is 12.0 Å². The Bertz CT molecular complexity index is 561. The molecule has 1 N–H and O–H groups in total. The summed E-state index contributed by atoms with van der Waals surface area (Å²) in [6.45, 7) is 0.722. The summed E-state index contributed by atoms with van der Waals surface area (Å²) in [4.78, 5) is 0.376. The molecule has 1 spiro atoms. The topological polar surface area (TPSA) is 55.4 Å². The zero-order valence-electron chi connectivity index (χ0n) is 9.69. The zero-order valence-corrected chi connectivity index (χ0v) is 10.5. The summed E-state index contributed by atoms with van der Waals surface area (Å²) >= 11 is 0. The van der Waals surface area contributed by atoms with Crippen molar-refractivity contribution in [2.24, 2.45) is 5.41 Å². The average molecular weight is 253 g/mol. The molecular weight excluding hydrogens is 238 g/mol. The summed E-state index contributed by atoms with van der Waals surface area (Å²) in [7, 11) is -1.64. The summed E-state index contributed by atoms with van der Waals surface area (Å²) in [6.07, 6.45) is 1.99. The molecule has 0 radical (unpaired) electrons. The number of anilines is 1. The number of hydrogen-bond acceptors (Lipinski definition) is 4. The van der Waals surface area contributed by atoms with Gasteiger partial charge >= 0.3 is 0 Å². The van der Waals surface area contributed by atoms with E-state index >= 15 is 0 Å². The first kappa shape index (κ1) is 10.9. The molecule has 17 heavy (non-hydrogen) atoms. The van der Waals surface area contributed by atoms with E-state index in [1.165, 1.54) is 0 Å². The van der Waals surface area contributed by atoms with Gasteiger partial charge in [0.05, 0.1) is 23.4 Å². The van der Waals surface area contributed by atoms with E-state index in [0.29, 0.717) is 16.3 Å². The first-order valence-corrected chi connectivity index (χ1v) is 7.35. The van der Waals surface area contributed by atoms with Crippen LogP contribution in [0.4, 0.5) is 5.69 Å². The number of sulfone groups is 1. The number of methoxy groups -OCH3 is 1. The second-order valence-electron chi connectivity index (χ2n) is 4.95. The van der Waals surface area contributed by atoms with Crippen LogP contribution >= 0.6 is 0 Å². The molecule has 1 aliphatic carbocycles. The van der Waals surface area contributed by atoms with E-state index in [1.54, 1.807) is 25.3 Å². The maximum atomic E-state index is 12.3. The Morgan fingerprint density at radius 1 is 1.35 bits per heavy atom. The van der Waals surface area contributed by atoms with E-state index in [1.807, 2.05) is 0 Å². The monoisotopic (exact) mass is 253 g/mol. The molecule has 0 saturated heterocycles. The maximum Gasteiger partial charge on any atom is 0.181 e. The molecule has 1 aromatic carbocycles. The van der Waals surface area contributed by atoms with Crippen molar-refractivity contribution in [3.05, 3.63) is 18.2 Å². The van der Waals surface area contributed by atoms with Crippen molar-refractivity contribution in [3.63, 3.8) is 0 Å². The van der Waals surface area contributed by atoms with Crippen LogP contribution in [0.25, 0.3) is 0 Å². The zero-order chi connectivity index (χ0) is 12.1. The normalized spacial score (nSPS) is 23.4. The van der Waals surface area contributed by atoms with Gasteiger partial charge in [-0.25, -0.2) is 8.42 Å². The standard InChI is InChI=1S/C12H15NO3S/c1-16-9-3-2-4-10-11(9)13-7-12(5-6-12)8-17(10,14)15/h2-4,13H,5-8H2,1H3. The minimum Gasteiger partial charge on any atom is -0.495 e. The lowest BCUT2D eigenvalue weighted by molar-refractivity contribution is 0.415. The van der Waals surface area contributed by atoms with Crippen LogP contribution in [0.5, 0.6) is 5.75 Å². The van der Waals surface area contributed by atoms with Crippen LogP contribution in [0.15, 0.2) is 23.1 Å². The molecule has 5 heteroatoms. The summed E-state index contributed by atoms with van der Waals surface area (Å²) in [5.41, 5.74) is 0.585. The molecule has 1 fully saturated rings. The number of para-hydroxylation sites is 1. The SMILES string of the molecule is COc1cccc2c1NCC1(CC1)CS2(=O)=O. The molecule has 0 amide bonds. The van der Waals surface area contributed by atoms with Crippen molar-refractivity contribution in [2.75, 3.05) is 24.7 Å². The van der Waals surface area contributed by atoms with Gasteiger partial charge in [-0.05, 0) is 25.0 Å². The first-order valence-electron chi connectivity index (χ1n) is 5.70. The fraction of sp³-hybridized carbons (Fsp3) is 0.500. The number of fused-ring (bicyclic) bond motifs is 1. The van der Waals surface area contributed by atoms with Crippen molar-refractivity contribution in [3.8, 4) is 5.75 Å². The minimum absolute atomic E-state index is 0.0388.